The van der Waals surface area contributed by atoms with E-state index in [2.05, 4.69) is 35.2 Å². The second kappa shape index (κ2) is 7.32. The molecule has 2 aliphatic rings. The number of hydrogen-bond donors (Lipinski definition) is 0. The van der Waals surface area contributed by atoms with Crippen molar-refractivity contribution in [2.75, 3.05) is 0 Å². The molecule has 0 amide bonds. The summed E-state index contributed by atoms with van der Waals surface area (Å²) in [4.78, 5) is 15.6. The summed E-state index contributed by atoms with van der Waals surface area (Å²) in [6.07, 6.45) is 5.38. The number of Topliss-reactive ketones (excluding diaryl/α,β-unsaturated/α-hetero) is 1. The SMILES string of the molecule is Cc1ccc(C(=O)C2CC3CCCC(C2)N3Cc2ccccc2)cc1F. The molecule has 2 aromatic rings. The number of fused-ring (bicyclic) bond motifs is 2. The van der Waals surface area contributed by atoms with Gasteiger partial charge in [0.2, 0.25) is 0 Å². The van der Waals surface area contributed by atoms with E-state index in [0.717, 1.165) is 32.2 Å². The van der Waals surface area contributed by atoms with E-state index in [1.54, 1.807) is 19.1 Å². The number of aryl methyl sites for hydroxylation is 1. The summed E-state index contributed by atoms with van der Waals surface area (Å²) in [5.41, 5.74) is 2.47. The van der Waals surface area contributed by atoms with Crippen molar-refractivity contribution in [3.63, 3.8) is 0 Å². The minimum absolute atomic E-state index is 0.0272. The van der Waals surface area contributed by atoms with Crippen molar-refractivity contribution in [3.05, 3.63) is 71.0 Å². The van der Waals surface area contributed by atoms with Crippen LogP contribution in [0.25, 0.3) is 0 Å². The van der Waals surface area contributed by atoms with E-state index in [1.807, 2.05) is 0 Å². The van der Waals surface area contributed by atoms with Gasteiger partial charge in [-0.3, -0.25) is 9.69 Å². The molecule has 3 heteroatoms. The number of carbonyl (C=O) groups excluding carboxylic acids is 1. The number of rotatable bonds is 4. The molecule has 2 fully saturated rings. The van der Waals surface area contributed by atoms with Crippen molar-refractivity contribution < 1.29 is 9.18 Å². The maximum atomic E-state index is 13.9. The summed E-state index contributed by atoms with van der Waals surface area (Å²) in [5.74, 6) is -0.128. The predicted molar refractivity (Wildman–Crippen MR) is 102 cm³/mol. The van der Waals surface area contributed by atoms with Crippen LogP contribution in [-0.4, -0.2) is 22.8 Å². The smallest absolute Gasteiger partial charge is 0.166 e. The minimum Gasteiger partial charge on any atom is -0.294 e. The molecule has 0 aliphatic carbocycles. The third-order valence-electron chi connectivity index (χ3n) is 6.16. The van der Waals surface area contributed by atoms with Crippen LogP contribution in [0.1, 0.15) is 53.6 Å². The van der Waals surface area contributed by atoms with E-state index in [1.165, 1.54) is 18.1 Å². The molecule has 2 nitrogen and oxygen atoms in total. The molecule has 136 valence electrons. The van der Waals surface area contributed by atoms with Gasteiger partial charge in [0.1, 0.15) is 5.82 Å². The lowest BCUT2D eigenvalue weighted by Gasteiger charge is -2.48. The van der Waals surface area contributed by atoms with E-state index >= 15 is 0 Å². The zero-order chi connectivity index (χ0) is 18.1. The van der Waals surface area contributed by atoms with Crippen molar-refractivity contribution in [3.8, 4) is 0 Å². The average molecular weight is 351 g/mol. The van der Waals surface area contributed by atoms with E-state index in [-0.39, 0.29) is 17.5 Å². The predicted octanol–water partition coefficient (Wildman–Crippen LogP) is 5.15. The summed E-state index contributed by atoms with van der Waals surface area (Å²) in [5, 5.41) is 0. The fraction of sp³-hybridized carbons (Fsp3) is 0.435. The highest BCUT2D eigenvalue weighted by molar-refractivity contribution is 5.98. The number of benzene rings is 2. The number of nitrogens with zero attached hydrogens (tertiary/aromatic N) is 1. The second-order valence-corrected chi connectivity index (χ2v) is 7.89. The molecule has 0 N–H and O–H groups in total. The Hall–Kier alpha value is -2.00. The minimum atomic E-state index is -0.280. The van der Waals surface area contributed by atoms with E-state index in [0.29, 0.717) is 23.2 Å². The van der Waals surface area contributed by atoms with Crippen molar-refractivity contribution in [1.29, 1.82) is 0 Å². The van der Waals surface area contributed by atoms with Gasteiger partial charge in [0.15, 0.2) is 5.78 Å². The van der Waals surface area contributed by atoms with Gasteiger partial charge < -0.3 is 0 Å². The van der Waals surface area contributed by atoms with Crippen LogP contribution in [0.4, 0.5) is 4.39 Å². The Morgan fingerprint density at radius 3 is 2.42 bits per heavy atom. The molecular formula is C23H26FNO. The lowest BCUT2D eigenvalue weighted by atomic mass is 9.75. The number of halogens is 1. The third-order valence-corrected chi connectivity index (χ3v) is 6.16. The molecule has 0 aromatic heterocycles. The zero-order valence-corrected chi connectivity index (χ0v) is 15.3. The van der Waals surface area contributed by atoms with Gasteiger partial charge in [0.25, 0.3) is 0 Å². The molecule has 2 heterocycles. The molecular weight excluding hydrogens is 325 g/mol. The molecule has 2 bridgehead atoms. The molecule has 26 heavy (non-hydrogen) atoms. The highest BCUT2D eigenvalue weighted by Gasteiger charge is 2.40. The van der Waals surface area contributed by atoms with Crippen molar-refractivity contribution >= 4 is 5.78 Å². The topological polar surface area (TPSA) is 20.3 Å². The van der Waals surface area contributed by atoms with Gasteiger partial charge in [-0.2, -0.15) is 0 Å². The summed E-state index contributed by atoms with van der Waals surface area (Å²) >= 11 is 0. The van der Waals surface area contributed by atoms with Crippen LogP contribution in [0.15, 0.2) is 48.5 Å². The lowest BCUT2D eigenvalue weighted by Crippen LogP contribution is -2.52. The third kappa shape index (κ3) is 3.45. The number of hydrogen-bond acceptors (Lipinski definition) is 2. The Balaban J connectivity index is 1.50. The van der Waals surface area contributed by atoms with Crippen LogP contribution >= 0.6 is 0 Å². The molecule has 2 saturated heterocycles. The zero-order valence-electron chi connectivity index (χ0n) is 15.3. The molecule has 2 aliphatic heterocycles. The van der Waals surface area contributed by atoms with Gasteiger partial charge in [0.05, 0.1) is 0 Å². The van der Waals surface area contributed by atoms with Crippen LogP contribution < -0.4 is 0 Å². The molecule has 0 spiro atoms. The van der Waals surface area contributed by atoms with E-state index in [9.17, 15) is 9.18 Å². The molecule has 0 radical (unpaired) electrons. The quantitative estimate of drug-likeness (QED) is 0.710. The van der Waals surface area contributed by atoms with E-state index in [4.69, 9.17) is 0 Å². The second-order valence-electron chi connectivity index (χ2n) is 7.89. The Morgan fingerprint density at radius 1 is 1.08 bits per heavy atom. The molecule has 2 aromatic carbocycles. The maximum absolute atomic E-state index is 13.9. The van der Waals surface area contributed by atoms with Crippen molar-refractivity contribution in [1.82, 2.24) is 4.90 Å². The number of carbonyl (C=O) groups is 1. The maximum Gasteiger partial charge on any atom is 0.166 e. The molecule has 0 saturated carbocycles. The highest BCUT2D eigenvalue weighted by Crippen LogP contribution is 2.39. The fourth-order valence-corrected chi connectivity index (χ4v) is 4.73. The van der Waals surface area contributed by atoms with Crippen LogP contribution in [0, 0.1) is 18.7 Å². The Morgan fingerprint density at radius 2 is 1.77 bits per heavy atom. The van der Waals surface area contributed by atoms with Gasteiger partial charge in [-0.05, 0) is 49.8 Å². The van der Waals surface area contributed by atoms with Crippen LogP contribution in [0.2, 0.25) is 0 Å². The number of ketones is 1. The summed E-state index contributed by atoms with van der Waals surface area (Å²) in [7, 11) is 0. The van der Waals surface area contributed by atoms with Gasteiger partial charge in [-0.15, -0.1) is 0 Å². The summed E-state index contributed by atoms with van der Waals surface area (Å²) < 4.78 is 13.9. The normalized spacial score (nSPS) is 25.8. The fourth-order valence-electron chi connectivity index (χ4n) is 4.73. The first-order valence-corrected chi connectivity index (χ1v) is 9.72. The summed E-state index contributed by atoms with van der Waals surface area (Å²) in [6.45, 7) is 2.70. The van der Waals surface area contributed by atoms with Gasteiger partial charge in [-0.1, -0.05) is 48.9 Å². The standard InChI is InChI=1S/C23H26FNO/c1-16-10-11-18(14-22(16)24)23(26)19-12-20-8-5-9-21(13-19)25(20)15-17-6-3-2-4-7-17/h2-4,6-7,10-11,14,19-21H,5,8-9,12-13,15H2,1H3. The first kappa shape index (κ1) is 17.4. The van der Waals surface area contributed by atoms with Crippen molar-refractivity contribution in [2.24, 2.45) is 5.92 Å². The largest absolute Gasteiger partial charge is 0.294 e. The van der Waals surface area contributed by atoms with Crippen LogP contribution in [0.3, 0.4) is 0 Å². The average Bonchev–Trinajstić information content (AvgIpc) is 2.64. The Kier molecular flexibility index (Phi) is 4.90. The Labute approximate surface area is 155 Å². The van der Waals surface area contributed by atoms with Crippen LogP contribution in [0.5, 0.6) is 0 Å². The van der Waals surface area contributed by atoms with Crippen molar-refractivity contribution in [2.45, 2.75) is 57.7 Å². The first-order valence-electron chi connectivity index (χ1n) is 9.72. The Bertz CT molecular complexity index is 774. The molecule has 2 atom stereocenters. The van der Waals surface area contributed by atoms with Crippen LogP contribution in [-0.2, 0) is 6.54 Å². The molecule has 2 unspecified atom stereocenters. The van der Waals surface area contributed by atoms with Gasteiger partial charge in [0, 0.05) is 30.1 Å². The monoisotopic (exact) mass is 351 g/mol. The van der Waals surface area contributed by atoms with Gasteiger partial charge >= 0.3 is 0 Å². The highest BCUT2D eigenvalue weighted by atomic mass is 19.1. The van der Waals surface area contributed by atoms with Gasteiger partial charge in [-0.25, -0.2) is 4.39 Å². The number of piperidine rings is 2. The molecule has 4 rings (SSSR count). The lowest BCUT2D eigenvalue weighted by molar-refractivity contribution is 0.00905. The first-order chi connectivity index (χ1) is 12.6. The summed E-state index contributed by atoms with van der Waals surface area (Å²) in [6, 6.07) is 16.4. The van der Waals surface area contributed by atoms with E-state index < -0.39 is 0 Å².